The molecule has 0 N–H and O–H groups in total. The molecule has 22 heavy (non-hydrogen) atoms. The maximum absolute atomic E-state index is 9.09. The van der Waals surface area contributed by atoms with Gasteiger partial charge in [-0.15, -0.1) is 0 Å². The fraction of sp³-hybridized carbons (Fsp3) is 0. The summed E-state index contributed by atoms with van der Waals surface area (Å²) in [6.07, 6.45) is 4.01. The number of nitrogens with zero attached hydrogens (tertiary/aromatic N) is 1. The van der Waals surface area contributed by atoms with Crippen LogP contribution in [0.4, 0.5) is 0 Å². The Balaban J connectivity index is 1.82. The van der Waals surface area contributed by atoms with Crippen LogP contribution in [0.5, 0.6) is 0 Å². The Morgan fingerprint density at radius 3 is 2.00 bits per heavy atom. The lowest BCUT2D eigenvalue weighted by molar-refractivity contribution is 1.47. The van der Waals surface area contributed by atoms with Gasteiger partial charge in [0.2, 0.25) is 0 Å². The van der Waals surface area contributed by atoms with Crippen molar-refractivity contribution in [1.29, 1.82) is 5.26 Å². The topological polar surface area (TPSA) is 23.8 Å². The van der Waals surface area contributed by atoms with E-state index in [4.69, 9.17) is 5.26 Å². The zero-order valence-electron chi connectivity index (χ0n) is 12.1. The molecule has 0 saturated carbocycles. The second-order valence-corrected chi connectivity index (χ2v) is 5.02. The minimum absolute atomic E-state index is 0.694. The van der Waals surface area contributed by atoms with E-state index in [2.05, 4.69) is 42.5 Å². The van der Waals surface area contributed by atoms with Crippen LogP contribution in [-0.2, 0) is 0 Å². The maximum Gasteiger partial charge on any atom is 0.0997 e. The molecule has 1 heteroatoms. The molecule has 3 aromatic rings. The third-order valence-corrected chi connectivity index (χ3v) is 3.55. The van der Waals surface area contributed by atoms with Crippen LogP contribution in [0.3, 0.4) is 0 Å². The highest BCUT2D eigenvalue weighted by Gasteiger charge is 1.97. The summed E-state index contributed by atoms with van der Waals surface area (Å²) in [5.74, 6) is 0. The monoisotopic (exact) mass is 281 g/mol. The third-order valence-electron chi connectivity index (χ3n) is 3.55. The molecule has 104 valence electrons. The summed E-state index contributed by atoms with van der Waals surface area (Å²) >= 11 is 0. The van der Waals surface area contributed by atoms with E-state index >= 15 is 0 Å². The smallest absolute Gasteiger partial charge is 0.0997 e. The largest absolute Gasteiger partial charge is 0.192 e. The van der Waals surface area contributed by atoms with Gasteiger partial charge < -0.3 is 0 Å². The maximum atomic E-state index is 9.09. The van der Waals surface area contributed by atoms with E-state index in [1.807, 2.05) is 54.6 Å². The van der Waals surface area contributed by atoms with Crippen molar-refractivity contribution >= 4 is 12.2 Å². The Morgan fingerprint density at radius 1 is 0.636 bits per heavy atom. The van der Waals surface area contributed by atoms with Crippen LogP contribution in [0.15, 0.2) is 78.9 Å². The first kappa shape index (κ1) is 13.9. The van der Waals surface area contributed by atoms with Crippen molar-refractivity contribution in [3.63, 3.8) is 0 Å². The van der Waals surface area contributed by atoms with Crippen molar-refractivity contribution in [3.05, 3.63) is 95.6 Å². The molecule has 0 aliphatic carbocycles. The summed E-state index contributed by atoms with van der Waals surface area (Å²) in [5.41, 5.74) is 5.17. The van der Waals surface area contributed by atoms with E-state index in [1.54, 1.807) is 0 Å². The van der Waals surface area contributed by atoms with Gasteiger partial charge in [0, 0.05) is 0 Å². The fourth-order valence-electron chi connectivity index (χ4n) is 2.35. The number of nitriles is 1. The predicted molar refractivity (Wildman–Crippen MR) is 92.0 cm³/mol. The lowest BCUT2D eigenvalue weighted by atomic mass is 10.0. The molecule has 0 saturated heterocycles. The third kappa shape index (κ3) is 3.13. The predicted octanol–water partition coefficient (Wildman–Crippen LogP) is 5.40. The van der Waals surface area contributed by atoms with Gasteiger partial charge in [0.1, 0.15) is 0 Å². The summed E-state index contributed by atoms with van der Waals surface area (Å²) in [6.45, 7) is 0. The van der Waals surface area contributed by atoms with Crippen LogP contribution in [0.2, 0.25) is 0 Å². The molecule has 0 heterocycles. The van der Waals surface area contributed by atoms with Crippen molar-refractivity contribution < 1.29 is 0 Å². The second-order valence-electron chi connectivity index (χ2n) is 5.02. The first-order valence-electron chi connectivity index (χ1n) is 7.19. The molecule has 3 rings (SSSR count). The molecule has 1 nitrogen and oxygen atoms in total. The number of benzene rings is 3. The first-order chi connectivity index (χ1) is 10.9. The molecule has 0 amide bonds. The molecule has 0 spiro atoms. The van der Waals surface area contributed by atoms with Crippen molar-refractivity contribution in [1.82, 2.24) is 0 Å². The summed E-state index contributed by atoms with van der Waals surface area (Å²) in [6, 6.07) is 28.6. The van der Waals surface area contributed by atoms with Crippen molar-refractivity contribution in [2.45, 2.75) is 0 Å². The molecule has 0 radical (unpaired) electrons. The van der Waals surface area contributed by atoms with Crippen molar-refractivity contribution in [2.75, 3.05) is 0 Å². The summed E-state index contributed by atoms with van der Waals surface area (Å²) in [5, 5.41) is 9.09. The molecular formula is C21H15N. The standard InChI is InChI=1S/C21H15N/c22-16-21-9-5-4-8-19(21)13-10-17-11-14-20(15-12-17)18-6-2-1-3-7-18/h1-15H. The molecular weight excluding hydrogens is 266 g/mol. The van der Waals surface area contributed by atoms with Gasteiger partial charge in [-0.05, 0) is 28.3 Å². The number of rotatable bonds is 3. The molecule has 0 aromatic heterocycles. The molecule has 0 fully saturated rings. The van der Waals surface area contributed by atoms with E-state index in [0.29, 0.717) is 5.56 Å². The minimum atomic E-state index is 0.694. The Hall–Kier alpha value is -3.11. The lowest BCUT2D eigenvalue weighted by Crippen LogP contribution is -1.81. The average Bonchev–Trinajstić information content (AvgIpc) is 2.61. The van der Waals surface area contributed by atoms with Gasteiger partial charge in [-0.3, -0.25) is 0 Å². The van der Waals surface area contributed by atoms with Crippen LogP contribution in [0.1, 0.15) is 16.7 Å². The highest BCUT2D eigenvalue weighted by atomic mass is 14.2. The van der Waals surface area contributed by atoms with Crippen LogP contribution in [-0.4, -0.2) is 0 Å². The first-order valence-corrected chi connectivity index (χ1v) is 7.19. The highest BCUT2D eigenvalue weighted by molar-refractivity contribution is 5.74. The summed E-state index contributed by atoms with van der Waals surface area (Å²) in [7, 11) is 0. The summed E-state index contributed by atoms with van der Waals surface area (Å²) in [4.78, 5) is 0. The van der Waals surface area contributed by atoms with Gasteiger partial charge >= 0.3 is 0 Å². The average molecular weight is 281 g/mol. The van der Waals surface area contributed by atoms with Crippen molar-refractivity contribution in [2.24, 2.45) is 0 Å². The van der Waals surface area contributed by atoms with Crippen LogP contribution < -0.4 is 0 Å². The Kier molecular flexibility index (Phi) is 4.13. The Bertz CT molecular complexity index is 822. The molecule has 0 aliphatic heterocycles. The lowest BCUT2D eigenvalue weighted by Gasteiger charge is -2.02. The van der Waals surface area contributed by atoms with Gasteiger partial charge in [0.25, 0.3) is 0 Å². The zero-order chi connectivity index (χ0) is 15.2. The Labute approximate surface area is 130 Å². The highest BCUT2D eigenvalue weighted by Crippen LogP contribution is 2.20. The van der Waals surface area contributed by atoms with Gasteiger partial charge in [0.05, 0.1) is 11.6 Å². The second kappa shape index (κ2) is 6.56. The van der Waals surface area contributed by atoms with Gasteiger partial charge in [-0.1, -0.05) is 84.9 Å². The molecule has 3 aromatic carbocycles. The van der Waals surface area contributed by atoms with Gasteiger partial charge in [-0.25, -0.2) is 0 Å². The number of hydrogen-bond donors (Lipinski definition) is 0. The minimum Gasteiger partial charge on any atom is -0.192 e. The molecule has 0 aliphatic rings. The molecule has 0 bridgehead atoms. The van der Waals surface area contributed by atoms with Crippen LogP contribution >= 0.6 is 0 Å². The normalized spacial score (nSPS) is 10.5. The SMILES string of the molecule is N#Cc1ccccc1C=Cc1ccc(-c2ccccc2)cc1. The number of hydrogen-bond acceptors (Lipinski definition) is 1. The van der Waals surface area contributed by atoms with E-state index in [1.165, 1.54) is 11.1 Å². The molecule has 0 atom stereocenters. The van der Waals surface area contributed by atoms with Crippen molar-refractivity contribution in [3.8, 4) is 17.2 Å². The van der Waals surface area contributed by atoms with Gasteiger partial charge in [-0.2, -0.15) is 5.26 Å². The fourth-order valence-corrected chi connectivity index (χ4v) is 2.35. The van der Waals surface area contributed by atoms with Gasteiger partial charge in [0.15, 0.2) is 0 Å². The molecule has 0 unspecified atom stereocenters. The van der Waals surface area contributed by atoms with E-state index in [-0.39, 0.29) is 0 Å². The van der Waals surface area contributed by atoms with E-state index < -0.39 is 0 Å². The Morgan fingerprint density at radius 2 is 1.27 bits per heavy atom. The van der Waals surface area contributed by atoms with E-state index in [9.17, 15) is 0 Å². The van der Waals surface area contributed by atoms with E-state index in [0.717, 1.165) is 11.1 Å². The van der Waals surface area contributed by atoms with Crippen LogP contribution in [0.25, 0.3) is 23.3 Å². The van der Waals surface area contributed by atoms with Crippen LogP contribution in [0, 0.1) is 11.3 Å². The quantitative estimate of drug-likeness (QED) is 0.590. The summed E-state index contributed by atoms with van der Waals surface area (Å²) < 4.78 is 0. The zero-order valence-corrected chi connectivity index (χ0v) is 12.1.